The third-order valence-electron chi connectivity index (χ3n) is 6.05. The number of aliphatic hydroxyl groups is 1. The standard InChI is InChI=1S/C19H25ClN2O2S/c1-2-5-25-18-14(3-4-15(20)21-18)17(23)22-16-12-6-11-7-13(16)10-19(24,8-11)9-12/h3-4,11-13,16,24H,2,5-10H2,1H3,(H,22,23)/t11?,12?,13?,16-,19-. The van der Waals surface area contributed by atoms with Gasteiger partial charge in [-0.25, -0.2) is 4.98 Å². The van der Waals surface area contributed by atoms with Crippen LogP contribution in [0.15, 0.2) is 17.2 Å². The lowest BCUT2D eigenvalue weighted by Crippen LogP contribution is -2.61. The quantitative estimate of drug-likeness (QED) is 0.600. The van der Waals surface area contributed by atoms with Crippen LogP contribution in [0.4, 0.5) is 0 Å². The number of carbonyl (C=O) groups is 1. The summed E-state index contributed by atoms with van der Waals surface area (Å²) in [5.41, 5.74) is 0.150. The fourth-order valence-corrected chi connectivity index (χ4v) is 6.42. The molecule has 136 valence electrons. The molecule has 2 N–H and O–H groups in total. The van der Waals surface area contributed by atoms with Crippen LogP contribution in [0.1, 0.15) is 55.8 Å². The Hall–Kier alpha value is -0.780. The van der Waals surface area contributed by atoms with Gasteiger partial charge in [0.1, 0.15) is 10.2 Å². The zero-order valence-electron chi connectivity index (χ0n) is 14.5. The number of pyridine rings is 1. The second kappa shape index (κ2) is 6.75. The molecule has 4 nitrogen and oxygen atoms in total. The van der Waals surface area contributed by atoms with Crippen molar-refractivity contribution in [2.24, 2.45) is 17.8 Å². The Morgan fingerprint density at radius 1 is 1.36 bits per heavy atom. The van der Waals surface area contributed by atoms with E-state index in [0.717, 1.165) is 44.3 Å². The number of amides is 1. The van der Waals surface area contributed by atoms with Gasteiger partial charge in [0.2, 0.25) is 0 Å². The van der Waals surface area contributed by atoms with Crippen molar-refractivity contribution in [1.29, 1.82) is 0 Å². The average Bonchev–Trinajstić information content (AvgIpc) is 2.54. The molecular formula is C19H25ClN2O2S. The van der Waals surface area contributed by atoms with Crippen molar-refractivity contribution in [2.75, 3.05) is 5.75 Å². The zero-order chi connectivity index (χ0) is 17.6. The van der Waals surface area contributed by atoms with Crippen LogP contribution in [-0.2, 0) is 0 Å². The number of hydrogen-bond acceptors (Lipinski definition) is 4. The maximum atomic E-state index is 12.9. The highest BCUT2D eigenvalue weighted by Gasteiger charge is 2.55. The SMILES string of the molecule is CCCSc1nc(Cl)ccc1C(=O)N[C@H]1C2CC3CC1C[C@](O)(C3)C2. The molecule has 4 saturated carbocycles. The Labute approximate surface area is 158 Å². The number of thioether (sulfide) groups is 1. The molecule has 1 amide bonds. The van der Waals surface area contributed by atoms with Gasteiger partial charge in [-0.05, 0) is 74.2 Å². The Kier molecular flexibility index (Phi) is 4.76. The highest BCUT2D eigenvalue weighted by molar-refractivity contribution is 7.99. The lowest BCUT2D eigenvalue weighted by atomic mass is 9.52. The van der Waals surface area contributed by atoms with E-state index in [-0.39, 0.29) is 11.9 Å². The molecule has 2 atom stereocenters. The van der Waals surface area contributed by atoms with Crippen LogP contribution in [0.5, 0.6) is 0 Å². The lowest BCUT2D eigenvalue weighted by Gasteiger charge is -2.58. The number of hydrogen-bond donors (Lipinski definition) is 2. The average molecular weight is 381 g/mol. The summed E-state index contributed by atoms with van der Waals surface area (Å²) in [4.78, 5) is 17.3. The molecule has 0 spiro atoms. The third kappa shape index (κ3) is 3.43. The second-order valence-electron chi connectivity index (χ2n) is 8.03. The van der Waals surface area contributed by atoms with Gasteiger partial charge in [0.15, 0.2) is 0 Å². The van der Waals surface area contributed by atoms with Crippen LogP contribution in [-0.4, -0.2) is 33.4 Å². The van der Waals surface area contributed by atoms with Gasteiger partial charge < -0.3 is 10.4 Å². The molecule has 5 rings (SSSR count). The molecule has 0 aromatic carbocycles. The first kappa shape index (κ1) is 17.6. The normalized spacial score (nSPS) is 35.8. The molecule has 0 radical (unpaired) electrons. The largest absolute Gasteiger partial charge is 0.390 e. The first-order valence-electron chi connectivity index (χ1n) is 9.30. The Morgan fingerprint density at radius 3 is 2.72 bits per heavy atom. The van der Waals surface area contributed by atoms with Gasteiger partial charge in [-0.1, -0.05) is 18.5 Å². The van der Waals surface area contributed by atoms with Gasteiger partial charge in [0, 0.05) is 6.04 Å². The summed E-state index contributed by atoms with van der Waals surface area (Å²) in [6, 6.07) is 3.65. The number of rotatable bonds is 5. The molecule has 6 heteroatoms. The molecule has 0 aliphatic heterocycles. The fourth-order valence-electron chi connectivity index (χ4n) is 5.35. The predicted octanol–water partition coefficient (Wildman–Crippen LogP) is 3.91. The highest BCUT2D eigenvalue weighted by atomic mass is 35.5. The highest BCUT2D eigenvalue weighted by Crippen LogP contribution is 2.55. The van der Waals surface area contributed by atoms with Gasteiger partial charge in [0.05, 0.1) is 11.2 Å². The van der Waals surface area contributed by atoms with Gasteiger partial charge in [-0.3, -0.25) is 4.79 Å². The summed E-state index contributed by atoms with van der Waals surface area (Å²) >= 11 is 7.61. The molecule has 4 bridgehead atoms. The minimum atomic E-state index is -0.471. The Balaban J connectivity index is 1.51. The van der Waals surface area contributed by atoms with E-state index >= 15 is 0 Å². The predicted molar refractivity (Wildman–Crippen MR) is 100 cm³/mol. The zero-order valence-corrected chi connectivity index (χ0v) is 16.1. The van der Waals surface area contributed by atoms with Crippen molar-refractivity contribution in [3.05, 3.63) is 22.8 Å². The van der Waals surface area contributed by atoms with Gasteiger partial charge in [-0.2, -0.15) is 0 Å². The maximum absolute atomic E-state index is 12.9. The van der Waals surface area contributed by atoms with E-state index < -0.39 is 5.60 Å². The fraction of sp³-hybridized carbons (Fsp3) is 0.684. The molecule has 1 aromatic heterocycles. The monoisotopic (exact) mass is 380 g/mol. The van der Waals surface area contributed by atoms with Crippen LogP contribution in [0, 0.1) is 17.8 Å². The maximum Gasteiger partial charge on any atom is 0.254 e. The summed E-state index contributed by atoms with van der Waals surface area (Å²) < 4.78 is 0. The summed E-state index contributed by atoms with van der Waals surface area (Å²) in [7, 11) is 0. The van der Waals surface area contributed by atoms with E-state index in [1.807, 2.05) is 0 Å². The molecular weight excluding hydrogens is 356 g/mol. The molecule has 2 unspecified atom stereocenters. The van der Waals surface area contributed by atoms with Crippen LogP contribution < -0.4 is 5.32 Å². The summed E-state index contributed by atoms with van der Waals surface area (Å²) in [5, 5.41) is 15.1. The first-order valence-corrected chi connectivity index (χ1v) is 10.7. The number of carbonyl (C=O) groups excluding carboxylic acids is 1. The van der Waals surface area contributed by atoms with E-state index in [1.165, 1.54) is 0 Å². The molecule has 25 heavy (non-hydrogen) atoms. The van der Waals surface area contributed by atoms with Crippen molar-refractivity contribution >= 4 is 29.3 Å². The van der Waals surface area contributed by atoms with Crippen molar-refractivity contribution < 1.29 is 9.90 Å². The van der Waals surface area contributed by atoms with E-state index in [0.29, 0.717) is 33.5 Å². The Bertz CT molecular complexity index is 667. The minimum absolute atomic E-state index is 0.0489. The molecule has 0 saturated heterocycles. The van der Waals surface area contributed by atoms with Crippen LogP contribution >= 0.6 is 23.4 Å². The van der Waals surface area contributed by atoms with Gasteiger partial charge in [0.25, 0.3) is 5.91 Å². The van der Waals surface area contributed by atoms with Gasteiger partial charge >= 0.3 is 0 Å². The third-order valence-corrected chi connectivity index (χ3v) is 7.46. The number of halogens is 1. The smallest absolute Gasteiger partial charge is 0.254 e. The molecule has 1 aromatic rings. The second-order valence-corrected chi connectivity index (χ2v) is 9.50. The van der Waals surface area contributed by atoms with E-state index in [9.17, 15) is 9.90 Å². The summed E-state index contributed by atoms with van der Waals surface area (Å²) in [5.74, 6) is 2.33. The van der Waals surface area contributed by atoms with Crippen molar-refractivity contribution in [3.63, 3.8) is 0 Å². The van der Waals surface area contributed by atoms with Crippen LogP contribution in [0.3, 0.4) is 0 Å². The lowest BCUT2D eigenvalue weighted by molar-refractivity contribution is -0.136. The topological polar surface area (TPSA) is 62.2 Å². The number of nitrogens with zero attached hydrogens (tertiary/aromatic N) is 1. The minimum Gasteiger partial charge on any atom is -0.390 e. The van der Waals surface area contributed by atoms with Crippen molar-refractivity contribution in [1.82, 2.24) is 10.3 Å². The molecule has 4 fully saturated rings. The number of aromatic nitrogens is 1. The van der Waals surface area contributed by atoms with E-state index in [2.05, 4.69) is 17.2 Å². The van der Waals surface area contributed by atoms with Crippen molar-refractivity contribution in [2.45, 2.75) is 62.1 Å². The number of nitrogens with one attached hydrogen (secondary N) is 1. The van der Waals surface area contributed by atoms with E-state index in [4.69, 9.17) is 11.6 Å². The first-order chi connectivity index (χ1) is 12.0. The summed E-state index contributed by atoms with van der Waals surface area (Å²) in [6.07, 6.45) is 5.93. The Morgan fingerprint density at radius 2 is 2.08 bits per heavy atom. The summed E-state index contributed by atoms with van der Waals surface area (Å²) in [6.45, 7) is 2.11. The van der Waals surface area contributed by atoms with Crippen LogP contribution in [0.25, 0.3) is 0 Å². The van der Waals surface area contributed by atoms with Gasteiger partial charge in [-0.15, -0.1) is 11.8 Å². The van der Waals surface area contributed by atoms with Crippen LogP contribution in [0.2, 0.25) is 5.15 Å². The molecule has 4 aliphatic rings. The van der Waals surface area contributed by atoms with Crippen molar-refractivity contribution in [3.8, 4) is 0 Å². The molecule has 1 heterocycles. The van der Waals surface area contributed by atoms with E-state index in [1.54, 1.807) is 23.9 Å². The molecule has 4 aliphatic carbocycles.